The fraction of sp³-hybridized carbons (Fsp3) is 0.267. The number of nitrogens with one attached hydrogen (secondary N) is 2. The number of anilines is 3. The average Bonchev–Trinajstić information content (AvgIpc) is 3.60. The third-order valence-corrected chi connectivity index (χ3v) is 8.86. The van der Waals surface area contributed by atoms with E-state index in [1.54, 1.807) is 37.6 Å². The van der Waals surface area contributed by atoms with Gasteiger partial charge in [0.1, 0.15) is 0 Å². The molecule has 3 aromatic heterocycles. The third-order valence-electron chi connectivity index (χ3n) is 7.23. The molecular formula is C30H34N8O3S. The smallest absolute Gasteiger partial charge is 0.247 e. The number of likely N-dealkylation sites (N-methyl/N-ethyl adjacent to an activating group) is 1. The highest BCUT2D eigenvalue weighted by molar-refractivity contribution is 7.90. The van der Waals surface area contributed by atoms with E-state index < -0.39 is 10.0 Å². The van der Waals surface area contributed by atoms with Gasteiger partial charge in [-0.2, -0.15) is 5.10 Å². The number of amides is 1. The zero-order valence-electron chi connectivity index (χ0n) is 23.9. The maximum Gasteiger partial charge on any atom is 0.247 e. The number of carbonyl (C=O) groups excluding carboxylic acids is 1. The summed E-state index contributed by atoms with van der Waals surface area (Å²) in [4.78, 5) is 23.7. The van der Waals surface area contributed by atoms with E-state index in [0.29, 0.717) is 40.6 Å². The summed E-state index contributed by atoms with van der Waals surface area (Å²) in [6.07, 6.45) is 6.23. The molecule has 0 bridgehead atoms. The first kappa shape index (κ1) is 29.0. The number of carbonyl (C=O) groups is 1. The molecule has 0 aliphatic carbocycles. The molecule has 0 unspecified atom stereocenters. The highest BCUT2D eigenvalue weighted by atomic mass is 32.2. The maximum absolute atomic E-state index is 12.8. The lowest BCUT2D eigenvalue weighted by Crippen LogP contribution is -2.27. The van der Waals surface area contributed by atoms with Crippen molar-refractivity contribution in [1.29, 1.82) is 0 Å². The average molecular weight is 587 g/mol. The number of aromatic nitrogens is 5. The molecule has 42 heavy (non-hydrogen) atoms. The van der Waals surface area contributed by atoms with Crippen molar-refractivity contribution in [3.8, 4) is 11.3 Å². The Balaban J connectivity index is 1.51. The minimum absolute atomic E-state index is 0.0268. The van der Waals surface area contributed by atoms with E-state index in [2.05, 4.69) is 46.0 Å². The van der Waals surface area contributed by atoms with Crippen LogP contribution in [0.25, 0.3) is 33.1 Å². The summed E-state index contributed by atoms with van der Waals surface area (Å²) in [6, 6.07) is 12.8. The highest BCUT2D eigenvalue weighted by Crippen LogP contribution is 2.33. The summed E-state index contributed by atoms with van der Waals surface area (Å²) in [7, 11) is -3.51. The Morgan fingerprint density at radius 2 is 1.90 bits per heavy atom. The second-order valence-corrected chi connectivity index (χ2v) is 11.8. The maximum atomic E-state index is 12.8. The predicted molar refractivity (Wildman–Crippen MR) is 167 cm³/mol. The number of fused-ring (bicyclic) bond motifs is 2. The van der Waals surface area contributed by atoms with Crippen LogP contribution in [-0.4, -0.2) is 68.3 Å². The molecule has 0 radical (unpaired) electrons. The van der Waals surface area contributed by atoms with Gasteiger partial charge in [0.15, 0.2) is 0 Å². The molecule has 0 atom stereocenters. The van der Waals surface area contributed by atoms with Crippen LogP contribution in [0.2, 0.25) is 0 Å². The van der Waals surface area contributed by atoms with Crippen LogP contribution in [0.4, 0.5) is 17.3 Å². The summed E-state index contributed by atoms with van der Waals surface area (Å²) >= 11 is 0. The van der Waals surface area contributed by atoms with Gasteiger partial charge >= 0.3 is 0 Å². The van der Waals surface area contributed by atoms with Gasteiger partial charge in [0.25, 0.3) is 0 Å². The predicted octanol–water partition coefficient (Wildman–Crippen LogP) is 4.86. The molecule has 12 heteroatoms. The molecule has 0 spiro atoms. The number of benzene rings is 2. The van der Waals surface area contributed by atoms with Crippen LogP contribution < -0.4 is 10.6 Å². The largest absolute Gasteiger partial charge is 0.324 e. The standard InChI is InChI=1S/C30H34N8O3S/c1-5-28(39)34-26-18-22(17-21-19-32-37(29(21)26)16-15-36(6-2)7-3)33-30-31-14-13-25(35-30)24-20-38(42(40,41)8-4)27-12-10-9-11-23(24)27/h5,9-14,17-20H,1,6-8,15-16H2,2-4H3,(H,34,39)(H,31,33,35). The van der Waals surface area contributed by atoms with E-state index in [-0.39, 0.29) is 11.7 Å². The van der Waals surface area contributed by atoms with Crippen LogP contribution in [0.1, 0.15) is 20.8 Å². The van der Waals surface area contributed by atoms with Crippen molar-refractivity contribution < 1.29 is 13.2 Å². The van der Waals surface area contributed by atoms with E-state index in [4.69, 9.17) is 4.98 Å². The summed E-state index contributed by atoms with van der Waals surface area (Å²) in [5.74, 6) is -0.0421. The van der Waals surface area contributed by atoms with E-state index in [9.17, 15) is 13.2 Å². The number of para-hydroxylation sites is 1. The topological polar surface area (TPSA) is 127 Å². The van der Waals surface area contributed by atoms with Crippen molar-refractivity contribution in [3.05, 3.63) is 73.7 Å². The van der Waals surface area contributed by atoms with E-state index >= 15 is 0 Å². The Morgan fingerprint density at radius 1 is 1.12 bits per heavy atom. The van der Waals surface area contributed by atoms with E-state index in [1.165, 1.54) is 10.0 Å². The van der Waals surface area contributed by atoms with Gasteiger partial charge in [-0.15, -0.1) is 0 Å². The molecule has 5 rings (SSSR count). The molecule has 3 heterocycles. The molecule has 2 aromatic carbocycles. The van der Waals surface area contributed by atoms with Crippen molar-refractivity contribution in [2.45, 2.75) is 27.3 Å². The summed E-state index contributed by atoms with van der Waals surface area (Å²) in [6.45, 7) is 12.8. The van der Waals surface area contributed by atoms with Crippen LogP contribution in [-0.2, 0) is 21.4 Å². The molecule has 1 amide bonds. The molecule has 0 saturated heterocycles. The van der Waals surface area contributed by atoms with Gasteiger partial charge in [0.2, 0.25) is 21.9 Å². The van der Waals surface area contributed by atoms with Gasteiger partial charge in [0, 0.05) is 41.0 Å². The number of hydrogen-bond acceptors (Lipinski definition) is 8. The van der Waals surface area contributed by atoms with Gasteiger partial charge < -0.3 is 15.5 Å². The SMILES string of the molecule is C=CC(=O)Nc1cc(Nc2nccc(-c3cn(S(=O)(=O)CC)c4ccccc34)n2)cc2cnn(CCN(CC)CC)c12. The van der Waals surface area contributed by atoms with Crippen LogP contribution in [0.3, 0.4) is 0 Å². The Bertz CT molecular complexity index is 1870. The molecule has 5 aromatic rings. The molecule has 0 saturated carbocycles. The molecule has 0 aliphatic heterocycles. The Kier molecular flexibility index (Phi) is 8.36. The lowest BCUT2D eigenvalue weighted by atomic mass is 10.1. The highest BCUT2D eigenvalue weighted by Gasteiger charge is 2.19. The van der Waals surface area contributed by atoms with Crippen LogP contribution >= 0.6 is 0 Å². The van der Waals surface area contributed by atoms with E-state index in [1.807, 2.05) is 35.0 Å². The Hall–Kier alpha value is -4.55. The second-order valence-electron chi connectivity index (χ2n) is 9.70. The molecule has 2 N–H and O–H groups in total. The van der Waals surface area contributed by atoms with Crippen LogP contribution in [0.5, 0.6) is 0 Å². The molecule has 0 fully saturated rings. The molecule has 218 valence electrons. The lowest BCUT2D eigenvalue weighted by molar-refractivity contribution is -0.111. The zero-order valence-corrected chi connectivity index (χ0v) is 24.7. The lowest BCUT2D eigenvalue weighted by Gasteiger charge is -2.18. The zero-order chi connectivity index (χ0) is 29.9. The number of hydrogen-bond donors (Lipinski definition) is 2. The van der Waals surface area contributed by atoms with Gasteiger partial charge in [-0.1, -0.05) is 38.6 Å². The van der Waals surface area contributed by atoms with Crippen molar-refractivity contribution >= 4 is 55.1 Å². The summed E-state index contributed by atoms with van der Waals surface area (Å²) in [5.41, 5.74) is 3.88. The number of rotatable bonds is 12. The van der Waals surface area contributed by atoms with Crippen LogP contribution in [0.15, 0.2) is 73.7 Å². The van der Waals surface area contributed by atoms with Crippen molar-refractivity contribution in [1.82, 2.24) is 28.6 Å². The van der Waals surface area contributed by atoms with Gasteiger partial charge in [-0.3, -0.25) is 9.48 Å². The first-order chi connectivity index (χ1) is 20.3. The summed E-state index contributed by atoms with van der Waals surface area (Å²) in [5, 5.41) is 12.4. The molecule has 0 aliphatic rings. The monoisotopic (exact) mass is 586 g/mol. The number of nitrogens with zero attached hydrogens (tertiary/aromatic N) is 6. The normalized spacial score (nSPS) is 11.8. The van der Waals surface area contributed by atoms with E-state index in [0.717, 1.165) is 35.9 Å². The first-order valence-electron chi connectivity index (χ1n) is 13.9. The fourth-order valence-electron chi connectivity index (χ4n) is 4.95. The van der Waals surface area contributed by atoms with Gasteiger partial charge in [-0.25, -0.2) is 22.4 Å². The van der Waals surface area contributed by atoms with Crippen molar-refractivity contribution in [3.63, 3.8) is 0 Å². The first-order valence-corrected chi connectivity index (χ1v) is 15.5. The Labute approximate surface area is 244 Å². The van der Waals surface area contributed by atoms with Crippen LogP contribution in [0, 0.1) is 0 Å². The summed E-state index contributed by atoms with van der Waals surface area (Å²) < 4.78 is 28.8. The minimum atomic E-state index is -3.51. The van der Waals surface area contributed by atoms with Gasteiger partial charge in [-0.05, 0) is 50.4 Å². The fourth-order valence-corrected chi connectivity index (χ4v) is 5.95. The minimum Gasteiger partial charge on any atom is -0.324 e. The van der Waals surface area contributed by atoms with Gasteiger partial charge in [0.05, 0.1) is 40.9 Å². The quantitative estimate of drug-likeness (QED) is 0.199. The third kappa shape index (κ3) is 5.76. The second kappa shape index (κ2) is 12.1. The molecule has 11 nitrogen and oxygen atoms in total. The Morgan fingerprint density at radius 3 is 2.64 bits per heavy atom. The van der Waals surface area contributed by atoms with Crippen molar-refractivity contribution in [2.24, 2.45) is 0 Å². The van der Waals surface area contributed by atoms with Crippen molar-refractivity contribution in [2.75, 3.05) is 36.0 Å². The molecular weight excluding hydrogens is 552 g/mol.